The van der Waals surface area contributed by atoms with E-state index in [0.717, 1.165) is 39.1 Å². The average Bonchev–Trinajstić information content (AvgIpc) is 3.12. The van der Waals surface area contributed by atoms with E-state index in [1.165, 1.54) is 5.56 Å². The highest BCUT2D eigenvalue weighted by atomic mass is 32.1. The van der Waals surface area contributed by atoms with Gasteiger partial charge in [-0.25, -0.2) is 4.98 Å². The van der Waals surface area contributed by atoms with Crippen molar-refractivity contribution in [3.05, 3.63) is 101 Å². The second kappa shape index (κ2) is 7.15. The van der Waals surface area contributed by atoms with E-state index in [1.54, 1.807) is 6.33 Å². The SMILES string of the molecule is Cc1ccc(-n2c(-c3ccccc3)c(-c3ccccc3)c3c(=S)nc[nH]c32)cc1. The fourth-order valence-corrected chi connectivity index (χ4v) is 4.09. The Hall–Kier alpha value is -3.50. The zero-order valence-electron chi connectivity index (χ0n) is 16.0. The minimum atomic E-state index is 0.598. The van der Waals surface area contributed by atoms with Crippen molar-refractivity contribution in [3.8, 4) is 28.1 Å². The third-order valence-corrected chi connectivity index (χ3v) is 5.48. The first-order valence-electron chi connectivity index (χ1n) is 9.54. The Balaban J connectivity index is 2.00. The lowest BCUT2D eigenvalue weighted by Gasteiger charge is -2.13. The van der Waals surface area contributed by atoms with Crippen LogP contribution in [0.4, 0.5) is 0 Å². The van der Waals surface area contributed by atoms with Gasteiger partial charge < -0.3 is 4.98 Å². The number of aromatic amines is 1. The van der Waals surface area contributed by atoms with Crippen LogP contribution in [0.25, 0.3) is 39.1 Å². The molecule has 0 aliphatic heterocycles. The number of nitrogens with one attached hydrogen (secondary N) is 1. The van der Waals surface area contributed by atoms with Crippen molar-refractivity contribution in [3.63, 3.8) is 0 Å². The molecule has 2 heterocycles. The maximum atomic E-state index is 5.69. The molecule has 0 radical (unpaired) electrons. The van der Waals surface area contributed by atoms with Gasteiger partial charge >= 0.3 is 0 Å². The van der Waals surface area contributed by atoms with Crippen molar-refractivity contribution in [1.29, 1.82) is 0 Å². The van der Waals surface area contributed by atoms with Gasteiger partial charge in [0.05, 0.1) is 17.4 Å². The molecule has 0 amide bonds. The van der Waals surface area contributed by atoms with E-state index in [1.807, 2.05) is 12.1 Å². The molecule has 140 valence electrons. The number of hydrogen-bond donors (Lipinski definition) is 1. The molecule has 0 spiro atoms. The summed E-state index contributed by atoms with van der Waals surface area (Å²) in [7, 11) is 0. The van der Waals surface area contributed by atoms with Crippen LogP contribution in [0, 0.1) is 11.6 Å². The molecule has 5 aromatic rings. The predicted octanol–water partition coefficient (Wildman–Crippen LogP) is 6.73. The van der Waals surface area contributed by atoms with Crippen LogP contribution >= 0.6 is 12.2 Å². The molecule has 3 aromatic carbocycles. The summed E-state index contributed by atoms with van der Waals surface area (Å²) in [6, 6.07) is 29.4. The van der Waals surface area contributed by atoms with Crippen LogP contribution in [0.3, 0.4) is 0 Å². The fourth-order valence-electron chi connectivity index (χ4n) is 3.84. The molecule has 0 fully saturated rings. The molecule has 0 unspecified atom stereocenters. The Morgan fingerprint density at radius 1 is 0.793 bits per heavy atom. The summed E-state index contributed by atoms with van der Waals surface area (Å²) in [5.74, 6) is 0. The lowest BCUT2D eigenvalue weighted by molar-refractivity contribution is 1.08. The molecule has 3 nitrogen and oxygen atoms in total. The van der Waals surface area contributed by atoms with E-state index in [0.29, 0.717) is 4.64 Å². The van der Waals surface area contributed by atoms with Crippen LogP contribution in [0.1, 0.15) is 5.56 Å². The minimum Gasteiger partial charge on any atom is -0.332 e. The Kier molecular flexibility index (Phi) is 4.34. The van der Waals surface area contributed by atoms with Crippen LogP contribution in [-0.2, 0) is 0 Å². The Morgan fingerprint density at radius 2 is 1.41 bits per heavy atom. The molecular formula is C25H19N3S. The highest BCUT2D eigenvalue weighted by Gasteiger charge is 2.22. The molecule has 0 aliphatic carbocycles. The number of aromatic nitrogens is 3. The molecule has 0 saturated heterocycles. The van der Waals surface area contributed by atoms with Crippen molar-refractivity contribution in [2.45, 2.75) is 6.92 Å². The number of hydrogen-bond acceptors (Lipinski definition) is 2. The third-order valence-electron chi connectivity index (χ3n) is 5.17. The maximum Gasteiger partial charge on any atom is 0.139 e. The van der Waals surface area contributed by atoms with Gasteiger partial charge in [0, 0.05) is 11.3 Å². The van der Waals surface area contributed by atoms with Gasteiger partial charge in [-0.3, -0.25) is 4.57 Å². The van der Waals surface area contributed by atoms with Gasteiger partial charge in [0.2, 0.25) is 0 Å². The zero-order chi connectivity index (χ0) is 19.8. The summed E-state index contributed by atoms with van der Waals surface area (Å²) >= 11 is 5.69. The molecular weight excluding hydrogens is 374 g/mol. The first-order valence-corrected chi connectivity index (χ1v) is 9.95. The maximum absolute atomic E-state index is 5.69. The van der Waals surface area contributed by atoms with Crippen LogP contribution in [0.5, 0.6) is 0 Å². The van der Waals surface area contributed by atoms with E-state index in [-0.39, 0.29) is 0 Å². The van der Waals surface area contributed by atoms with Gasteiger partial charge in [0.15, 0.2) is 0 Å². The zero-order valence-corrected chi connectivity index (χ0v) is 16.8. The topological polar surface area (TPSA) is 33.6 Å². The van der Waals surface area contributed by atoms with Crippen molar-refractivity contribution in [1.82, 2.24) is 14.5 Å². The monoisotopic (exact) mass is 393 g/mol. The Morgan fingerprint density at radius 3 is 2.07 bits per heavy atom. The Labute approximate surface area is 174 Å². The molecule has 0 saturated carbocycles. The van der Waals surface area contributed by atoms with E-state index in [9.17, 15) is 0 Å². The molecule has 0 atom stereocenters. The van der Waals surface area contributed by atoms with Gasteiger partial charge in [0.25, 0.3) is 0 Å². The van der Waals surface area contributed by atoms with Crippen molar-refractivity contribution in [2.75, 3.05) is 0 Å². The highest BCUT2D eigenvalue weighted by molar-refractivity contribution is 7.71. The largest absolute Gasteiger partial charge is 0.332 e. The van der Waals surface area contributed by atoms with Gasteiger partial charge in [0.1, 0.15) is 10.3 Å². The predicted molar refractivity (Wildman–Crippen MR) is 122 cm³/mol. The van der Waals surface area contributed by atoms with Crippen molar-refractivity contribution >= 4 is 23.3 Å². The Bertz CT molecular complexity index is 1350. The van der Waals surface area contributed by atoms with Crippen LogP contribution in [0.15, 0.2) is 91.3 Å². The lowest BCUT2D eigenvalue weighted by Crippen LogP contribution is -1.99. The number of H-pyrrole nitrogens is 1. The number of nitrogens with zero attached hydrogens (tertiary/aromatic N) is 2. The van der Waals surface area contributed by atoms with E-state index in [4.69, 9.17) is 12.2 Å². The normalized spacial score (nSPS) is 11.1. The lowest BCUT2D eigenvalue weighted by atomic mass is 9.99. The molecule has 0 bridgehead atoms. The number of benzene rings is 3. The smallest absolute Gasteiger partial charge is 0.139 e. The quantitative estimate of drug-likeness (QED) is 0.345. The average molecular weight is 394 g/mol. The molecule has 29 heavy (non-hydrogen) atoms. The summed E-state index contributed by atoms with van der Waals surface area (Å²) < 4.78 is 2.85. The molecule has 5 rings (SSSR count). The number of fused-ring (bicyclic) bond motifs is 1. The third kappa shape index (κ3) is 2.98. The standard InChI is InChI=1S/C25H19N3S/c1-17-12-14-20(15-13-17)28-23(19-10-6-3-7-11-19)21(18-8-4-2-5-9-18)22-24(28)26-16-27-25(22)29/h2-16H,1H3,(H,26,27,29). The van der Waals surface area contributed by atoms with Gasteiger partial charge in [-0.05, 0) is 30.2 Å². The molecule has 2 aromatic heterocycles. The first kappa shape index (κ1) is 17.6. The second-order valence-corrected chi connectivity index (χ2v) is 7.44. The second-order valence-electron chi connectivity index (χ2n) is 7.06. The summed E-state index contributed by atoms with van der Waals surface area (Å²) in [4.78, 5) is 7.75. The highest BCUT2D eigenvalue weighted by Crippen LogP contribution is 2.42. The summed E-state index contributed by atoms with van der Waals surface area (Å²) in [6.45, 7) is 2.10. The minimum absolute atomic E-state index is 0.598. The van der Waals surface area contributed by atoms with E-state index in [2.05, 4.69) is 94.3 Å². The number of rotatable bonds is 3. The molecule has 4 heteroatoms. The fraction of sp³-hybridized carbons (Fsp3) is 0.0400. The van der Waals surface area contributed by atoms with E-state index < -0.39 is 0 Å². The van der Waals surface area contributed by atoms with Crippen LogP contribution < -0.4 is 0 Å². The molecule has 1 N–H and O–H groups in total. The van der Waals surface area contributed by atoms with Crippen LogP contribution in [0.2, 0.25) is 0 Å². The summed E-state index contributed by atoms with van der Waals surface area (Å²) in [5.41, 5.74) is 7.71. The summed E-state index contributed by atoms with van der Waals surface area (Å²) in [6.07, 6.45) is 1.68. The van der Waals surface area contributed by atoms with E-state index >= 15 is 0 Å². The van der Waals surface area contributed by atoms with Gasteiger partial charge in [-0.1, -0.05) is 90.6 Å². The number of aryl methyl sites for hydroxylation is 1. The van der Waals surface area contributed by atoms with Gasteiger partial charge in [-0.15, -0.1) is 0 Å². The van der Waals surface area contributed by atoms with Gasteiger partial charge in [-0.2, -0.15) is 0 Å². The van der Waals surface area contributed by atoms with Crippen molar-refractivity contribution in [2.24, 2.45) is 0 Å². The molecule has 0 aliphatic rings. The summed E-state index contributed by atoms with van der Waals surface area (Å²) in [5, 5.41) is 0.966. The van der Waals surface area contributed by atoms with Crippen LogP contribution in [-0.4, -0.2) is 14.5 Å². The first-order chi connectivity index (χ1) is 14.2. The van der Waals surface area contributed by atoms with Crippen molar-refractivity contribution < 1.29 is 0 Å².